The maximum absolute atomic E-state index is 6.44. The summed E-state index contributed by atoms with van der Waals surface area (Å²) in [5, 5.41) is 0. The average molecular weight is 368 g/mol. The number of rotatable bonds is 3. The van der Waals surface area contributed by atoms with Gasteiger partial charge in [-0.25, -0.2) is 0 Å². The van der Waals surface area contributed by atoms with Crippen molar-refractivity contribution in [1.29, 1.82) is 0 Å². The van der Waals surface area contributed by atoms with Gasteiger partial charge in [0.05, 0.1) is 6.61 Å². The van der Waals surface area contributed by atoms with E-state index in [1.165, 1.54) is 25.7 Å². The van der Waals surface area contributed by atoms with Crippen molar-refractivity contribution in [3.8, 4) is 0 Å². The number of fused-ring (bicyclic) bond motifs is 1. The normalized spacial score (nSPS) is 44.0. The molecular formula is C20H32O6. The molecule has 0 aromatic rings. The van der Waals surface area contributed by atoms with Gasteiger partial charge < -0.3 is 28.4 Å². The van der Waals surface area contributed by atoms with Crippen molar-refractivity contribution in [3.63, 3.8) is 0 Å². The summed E-state index contributed by atoms with van der Waals surface area (Å²) in [7, 11) is 0. The van der Waals surface area contributed by atoms with Crippen molar-refractivity contribution in [3.05, 3.63) is 0 Å². The average Bonchev–Trinajstić information content (AvgIpc) is 3.30. The Morgan fingerprint density at radius 2 is 1.50 bits per heavy atom. The van der Waals surface area contributed by atoms with E-state index in [9.17, 15) is 0 Å². The molecule has 0 bridgehead atoms. The minimum absolute atomic E-state index is 0.107. The third-order valence-corrected chi connectivity index (χ3v) is 6.72. The van der Waals surface area contributed by atoms with Crippen LogP contribution >= 0.6 is 0 Å². The van der Waals surface area contributed by atoms with Crippen LogP contribution in [0, 0.1) is 0 Å². The molecule has 2 spiro atoms. The lowest BCUT2D eigenvalue weighted by atomic mass is 9.94. The van der Waals surface area contributed by atoms with Gasteiger partial charge in [0.15, 0.2) is 17.9 Å². The molecule has 6 heteroatoms. The molecule has 0 N–H and O–H groups in total. The second-order valence-electron chi connectivity index (χ2n) is 8.50. The van der Waals surface area contributed by atoms with Crippen molar-refractivity contribution in [2.24, 2.45) is 0 Å². The molecule has 26 heavy (non-hydrogen) atoms. The van der Waals surface area contributed by atoms with Gasteiger partial charge in [0.1, 0.15) is 24.4 Å². The molecule has 3 aliphatic heterocycles. The predicted molar refractivity (Wildman–Crippen MR) is 92.5 cm³/mol. The predicted octanol–water partition coefficient (Wildman–Crippen LogP) is 3.27. The Kier molecular flexibility index (Phi) is 4.78. The highest BCUT2D eigenvalue weighted by Crippen LogP contribution is 2.48. The van der Waals surface area contributed by atoms with E-state index in [2.05, 4.69) is 0 Å². The molecule has 0 unspecified atom stereocenters. The van der Waals surface area contributed by atoms with Crippen LogP contribution in [0.5, 0.6) is 0 Å². The van der Waals surface area contributed by atoms with Crippen LogP contribution in [-0.4, -0.2) is 55.5 Å². The first-order valence-electron chi connectivity index (χ1n) is 10.7. The standard InChI is InChI=1S/C20H32O6/c1-2-21-16-15(14-13-22-19(24-14)9-5-3-6-10-19)23-18-17(16)25-20(26-18)11-7-4-8-12-20/h14-18H,2-13H2,1H3/t14-,15+,16+,17-,18-/m0/s1. The zero-order valence-corrected chi connectivity index (χ0v) is 15.8. The largest absolute Gasteiger partial charge is 0.373 e. The Morgan fingerprint density at radius 1 is 0.808 bits per heavy atom. The number of ether oxygens (including phenoxy) is 6. The van der Waals surface area contributed by atoms with E-state index in [4.69, 9.17) is 28.4 Å². The lowest BCUT2D eigenvalue weighted by Crippen LogP contribution is -2.45. The second kappa shape index (κ2) is 6.98. The van der Waals surface area contributed by atoms with Crippen molar-refractivity contribution in [2.45, 2.75) is 113 Å². The van der Waals surface area contributed by atoms with Crippen molar-refractivity contribution in [1.82, 2.24) is 0 Å². The molecule has 148 valence electrons. The fourth-order valence-corrected chi connectivity index (χ4v) is 5.46. The molecule has 2 aliphatic carbocycles. The highest BCUT2D eigenvalue weighted by Gasteiger charge is 2.61. The van der Waals surface area contributed by atoms with E-state index in [0.29, 0.717) is 13.2 Å². The topological polar surface area (TPSA) is 55.4 Å². The molecule has 5 aliphatic rings. The van der Waals surface area contributed by atoms with Crippen LogP contribution in [0.2, 0.25) is 0 Å². The zero-order chi connectivity index (χ0) is 17.6. The van der Waals surface area contributed by atoms with Crippen molar-refractivity contribution in [2.75, 3.05) is 13.2 Å². The lowest BCUT2D eigenvalue weighted by molar-refractivity contribution is -0.262. The minimum Gasteiger partial charge on any atom is -0.373 e. The Morgan fingerprint density at radius 3 is 2.19 bits per heavy atom. The van der Waals surface area contributed by atoms with Crippen LogP contribution in [0.15, 0.2) is 0 Å². The quantitative estimate of drug-likeness (QED) is 0.762. The van der Waals surface area contributed by atoms with Gasteiger partial charge in [-0.2, -0.15) is 0 Å². The van der Waals surface area contributed by atoms with E-state index in [-0.39, 0.29) is 30.7 Å². The molecule has 2 saturated carbocycles. The first-order valence-corrected chi connectivity index (χ1v) is 10.7. The molecule has 0 aromatic heterocycles. The highest BCUT2D eigenvalue weighted by atomic mass is 16.9. The van der Waals surface area contributed by atoms with Gasteiger partial charge in [0.25, 0.3) is 0 Å². The molecule has 3 saturated heterocycles. The fourth-order valence-electron chi connectivity index (χ4n) is 5.46. The van der Waals surface area contributed by atoms with Crippen LogP contribution in [0.1, 0.15) is 71.1 Å². The van der Waals surface area contributed by atoms with Crippen LogP contribution in [0.3, 0.4) is 0 Å². The Hall–Kier alpha value is -0.240. The van der Waals surface area contributed by atoms with Gasteiger partial charge in [-0.15, -0.1) is 0 Å². The van der Waals surface area contributed by atoms with Crippen LogP contribution in [0.25, 0.3) is 0 Å². The SMILES string of the molecule is CCO[C@H]1[C@@H]2OC3(CCCCC3)O[C@@H]2O[C@@H]1[C@@H]1COC2(CCCCC2)O1. The highest BCUT2D eigenvalue weighted by molar-refractivity contribution is 5.01. The second-order valence-corrected chi connectivity index (χ2v) is 8.50. The summed E-state index contributed by atoms with van der Waals surface area (Å²) in [6, 6.07) is 0. The summed E-state index contributed by atoms with van der Waals surface area (Å²) >= 11 is 0. The molecule has 5 atom stereocenters. The first kappa shape index (κ1) is 17.8. The monoisotopic (exact) mass is 368 g/mol. The number of hydrogen-bond donors (Lipinski definition) is 0. The van der Waals surface area contributed by atoms with E-state index in [0.717, 1.165) is 38.5 Å². The van der Waals surface area contributed by atoms with Gasteiger partial charge in [-0.3, -0.25) is 0 Å². The third kappa shape index (κ3) is 3.03. The molecule has 3 heterocycles. The lowest BCUT2D eigenvalue weighted by Gasteiger charge is -2.35. The van der Waals surface area contributed by atoms with Crippen LogP contribution in [0.4, 0.5) is 0 Å². The Balaban J connectivity index is 1.29. The molecule has 0 amide bonds. The third-order valence-electron chi connectivity index (χ3n) is 6.72. The van der Waals surface area contributed by atoms with Crippen molar-refractivity contribution < 1.29 is 28.4 Å². The Labute approximate surface area is 155 Å². The van der Waals surface area contributed by atoms with E-state index < -0.39 is 11.6 Å². The van der Waals surface area contributed by atoms with Gasteiger partial charge in [-0.05, 0) is 32.6 Å². The number of hydrogen-bond acceptors (Lipinski definition) is 6. The summed E-state index contributed by atoms with van der Waals surface area (Å²) in [6.07, 6.45) is 10.1. The summed E-state index contributed by atoms with van der Waals surface area (Å²) in [4.78, 5) is 0. The first-order chi connectivity index (χ1) is 12.7. The smallest absolute Gasteiger partial charge is 0.190 e. The van der Waals surface area contributed by atoms with E-state index in [1.807, 2.05) is 6.92 Å². The molecule has 0 aromatic carbocycles. The molecule has 5 fully saturated rings. The van der Waals surface area contributed by atoms with Gasteiger partial charge in [-0.1, -0.05) is 12.8 Å². The van der Waals surface area contributed by atoms with Crippen LogP contribution < -0.4 is 0 Å². The summed E-state index contributed by atoms with van der Waals surface area (Å²) < 4.78 is 37.7. The zero-order valence-electron chi connectivity index (χ0n) is 15.8. The maximum atomic E-state index is 6.44. The molecule has 0 radical (unpaired) electrons. The fraction of sp³-hybridized carbons (Fsp3) is 1.00. The molecule has 6 nitrogen and oxygen atoms in total. The van der Waals surface area contributed by atoms with Crippen molar-refractivity contribution >= 4 is 0 Å². The maximum Gasteiger partial charge on any atom is 0.190 e. The summed E-state index contributed by atoms with van der Waals surface area (Å²) in [5.74, 6) is -0.849. The molecule has 5 rings (SSSR count). The van der Waals surface area contributed by atoms with Gasteiger partial charge in [0.2, 0.25) is 0 Å². The van der Waals surface area contributed by atoms with E-state index >= 15 is 0 Å². The minimum atomic E-state index is -0.453. The van der Waals surface area contributed by atoms with Gasteiger partial charge in [0, 0.05) is 32.3 Å². The van der Waals surface area contributed by atoms with E-state index in [1.54, 1.807) is 0 Å². The van der Waals surface area contributed by atoms with Crippen LogP contribution in [-0.2, 0) is 28.4 Å². The summed E-state index contributed by atoms with van der Waals surface area (Å²) in [6.45, 7) is 3.22. The summed E-state index contributed by atoms with van der Waals surface area (Å²) in [5.41, 5.74) is 0. The van der Waals surface area contributed by atoms with Gasteiger partial charge >= 0.3 is 0 Å². The molecular weight excluding hydrogens is 336 g/mol. The Bertz CT molecular complexity index is 499.